The molecule has 0 aromatic heterocycles. The van der Waals surface area contributed by atoms with Gasteiger partial charge in [-0.15, -0.1) is 0 Å². The van der Waals surface area contributed by atoms with Crippen molar-refractivity contribution < 1.29 is 17.9 Å². The Morgan fingerprint density at radius 2 is 1.59 bits per heavy atom. The van der Waals surface area contributed by atoms with Crippen molar-refractivity contribution in [2.75, 3.05) is 0 Å². The minimum absolute atomic E-state index is 0.181. The molecule has 27 heavy (non-hydrogen) atoms. The van der Waals surface area contributed by atoms with Gasteiger partial charge in [0.25, 0.3) is 0 Å². The highest BCUT2D eigenvalue weighted by Crippen LogP contribution is 2.25. The van der Waals surface area contributed by atoms with Crippen LogP contribution in [0, 0.1) is 6.92 Å². The Kier molecular flexibility index (Phi) is 8.81. The van der Waals surface area contributed by atoms with E-state index in [9.17, 15) is 13.2 Å². The summed E-state index contributed by atoms with van der Waals surface area (Å²) in [5.74, 6) is -0.181. The number of sulfone groups is 1. The lowest BCUT2D eigenvalue weighted by molar-refractivity contribution is -0.149. The molecule has 1 fully saturated rings. The first-order valence-corrected chi connectivity index (χ1v) is 11.9. The van der Waals surface area contributed by atoms with Gasteiger partial charge in [-0.1, -0.05) is 56.7 Å². The summed E-state index contributed by atoms with van der Waals surface area (Å²) < 4.78 is 31.7. The van der Waals surface area contributed by atoms with Crippen molar-refractivity contribution in [3.8, 4) is 0 Å². The van der Waals surface area contributed by atoms with E-state index in [4.69, 9.17) is 4.74 Å². The van der Waals surface area contributed by atoms with E-state index in [1.165, 1.54) is 25.7 Å². The Balaban J connectivity index is 2.05. The zero-order valence-corrected chi connectivity index (χ0v) is 17.6. The largest absolute Gasteiger partial charge is 0.462 e. The molecule has 0 spiro atoms. The third kappa shape index (κ3) is 6.95. The van der Waals surface area contributed by atoms with E-state index in [1.807, 2.05) is 19.1 Å². The zero-order valence-electron chi connectivity index (χ0n) is 16.8. The van der Waals surface area contributed by atoms with Crippen LogP contribution >= 0.6 is 0 Å². The maximum Gasteiger partial charge on any atom is 0.306 e. The van der Waals surface area contributed by atoms with E-state index >= 15 is 0 Å². The minimum Gasteiger partial charge on any atom is -0.462 e. The van der Waals surface area contributed by atoms with Gasteiger partial charge < -0.3 is 4.74 Å². The predicted molar refractivity (Wildman–Crippen MR) is 108 cm³/mol. The molecule has 5 heteroatoms. The predicted octanol–water partition coefficient (Wildman–Crippen LogP) is 5.37. The van der Waals surface area contributed by atoms with Gasteiger partial charge in [-0.05, 0) is 44.7 Å². The van der Waals surface area contributed by atoms with Gasteiger partial charge in [-0.3, -0.25) is 4.79 Å². The van der Waals surface area contributed by atoms with Crippen LogP contribution in [0.1, 0.15) is 83.1 Å². The number of ether oxygens (including phenoxy) is 1. The van der Waals surface area contributed by atoms with Crippen molar-refractivity contribution in [1.29, 1.82) is 0 Å². The van der Waals surface area contributed by atoms with Crippen LogP contribution in [0.2, 0.25) is 0 Å². The molecule has 2 rings (SSSR count). The Labute approximate surface area is 164 Å². The molecule has 1 heterocycles. The molecule has 152 valence electrons. The summed E-state index contributed by atoms with van der Waals surface area (Å²) in [6.07, 6.45) is 10.1. The smallest absolute Gasteiger partial charge is 0.306 e. The second-order valence-electron chi connectivity index (χ2n) is 7.84. The molecule has 2 atom stereocenters. The quantitative estimate of drug-likeness (QED) is 0.644. The number of cyclic esters (lactones) is 1. The standard InChI is InChI=1S/C22H34O4S/c1-18-13-11-12-15-21(18)27(24,25)19(2)17-20-14-9-7-5-3-4-6-8-10-16-22(23)26-20/h11-13,15,19-20H,3-10,14,16-17H2,1-2H3. The van der Waals surface area contributed by atoms with Gasteiger partial charge in [0, 0.05) is 12.8 Å². The van der Waals surface area contributed by atoms with E-state index < -0.39 is 15.1 Å². The van der Waals surface area contributed by atoms with Gasteiger partial charge in [0.1, 0.15) is 6.10 Å². The molecule has 1 aliphatic heterocycles. The van der Waals surface area contributed by atoms with Crippen LogP contribution < -0.4 is 0 Å². The maximum absolute atomic E-state index is 13.0. The van der Waals surface area contributed by atoms with Crippen LogP contribution in [-0.4, -0.2) is 25.7 Å². The summed E-state index contributed by atoms with van der Waals surface area (Å²) in [5, 5.41) is -0.577. The van der Waals surface area contributed by atoms with Crippen LogP contribution in [0.3, 0.4) is 0 Å². The lowest BCUT2D eigenvalue weighted by atomic mass is 10.0. The Hall–Kier alpha value is -1.36. The summed E-state index contributed by atoms with van der Waals surface area (Å²) in [4.78, 5) is 12.6. The summed E-state index contributed by atoms with van der Waals surface area (Å²) in [6.45, 7) is 3.55. The van der Waals surface area contributed by atoms with Crippen LogP contribution in [0.4, 0.5) is 0 Å². The molecule has 1 saturated heterocycles. The number of rotatable bonds is 4. The van der Waals surface area contributed by atoms with Crippen LogP contribution in [0.5, 0.6) is 0 Å². The summed E-state index contributed by atoms with van der Waals surface area (Å²) in [5.41, 5.74) is 0.760. The van der Waals surface area contributed by atoms with Gasteiger partial charge in [-0.2, -0.15) is 0 Å². The highest BCUT2D eigenvalue weighted by molar-refractivity contribution is 7.92. The SMILES string of the molecule is Cc1ccccc1S(=O)(=O)C(C)CC1CCCCCCCCCCC(=O)O1. The highest BCUT2D eigenvalue weighted by atomic mass is 32.2. The number of hydrogen-bond donors (Lipinski definition) is 0. The normalized spacial score (nSPS) is 22.0. The molecular formula is C22H34O4S. The summed E-state index contributed by atoms with van der Waals surface area (Å²) in [6, 6.07) is 7.08. The fourth-order valence-corrected chi connectivity index (χ4v) is 5.45. The third-order valence-electron chi connectivity index (χ3n) is 5.48. The van der Waals surface area contributed by atoms with Crippen molar-refractivity contribution in [3.63, 3.8) is 0 Å². The van der Waals surface area contributed by atoms with Crippen molar-refractivity contribution in [2.45, 2.75) is 101 Å². The van der Waals surface area contributed by atoms with Gasteiger partial charge >= 0.3 is 5.97 Å². The fraction of sp³-hybridized carbons (Fsp3) is 0.682. The molecule has 1 aromatic carbocycles. The van der Waals surface area contributed by atoms with Crippen molar-refractivity contribution in [2.24, 2.45) is 0 Å². The van der Waals surface area contributed by atoms with Crippen molar-refractivity contribution >= 4 is 15.8 Å². The van der Waals surface area contributed by atoms with E-state index in [2.05, 4.69) is 0 Å². The molecule has 2 unspecified atom stereocenters. The molecule has 0 aliphatic carbocycles. The fourth-order valence-electron chi connectivity index (χ4n) is 3.76. The molecule has 0 bridgehead atoms. The number of hydrogen-bond acceptors (Lipinski definition) is 4. The van der Waals surface area contributed by atoms with E-state index in [0.29, 0.717) is 17.7 Å². The van der Waals surface area contributed by atoms with Crippen LogP contribution in [0.25, 0.3) is 0 Å². The Morgan fingerprint density at radius 3 is 2.26 bits per heavy atom. The highest BCUT2D eigenvalue weighted by Gasteiger charge is 2.29. The average Bonchev–Trinajstić information content (AvgIpc) is 2.64. The average molecular weight is 395 g/mol. The second kappa shape index (κ2) is 10.8. The first-order chi connectivity index (χ1) is 12.9. The second-order valence-corrected chi connectivity index (χ2v) is 10.2. The number of esters is 1. The topological polar surface area (TPSA) is 60.4 Å². The molecule has 0 saturated carbocycles. The van der Waals surface area contributed by atoms with Gasteiger partial charge in [-0.25, -0.2) is 8.42 Å². The molecule has 0 radical (unpaired) electrons. The number of aryl methyl sites for hydroxylation is 1. The van der Waals surface area contributed by atoms with Crippen molar-refractivity contribution in [3.05, 3.63) is 29.8 Å². The number of carbonyl (C=O) groups is 1. The van der Waals surface area contributed by atoms with E-state index in [0.717, 1.165) is 37.7 Å². The van der Waals surface area contributed by atoms with Crippen molar-refractivity contribution in [1.82, 2.24) is 0 Å². The monoisotopic (exact) mass is 394 g/mol. The first-order valence-electron chi connectivity index (χ1n) is 10.4. The number of benzene rings is 1. The molecule has 0 amide bonds. The summed E-state index contributed by atoms with van der Waals surface area (Å²) >= 11 is 0. The van der Waals surface area contributed by atoms with E-state index in [-0.39, 0.29) is 12.1 Å². The number of carbonyl (C=O) groups excluding carboxylic acids is 1. The molecule has 0 N–H and O–H groups in total. The molecule has 1 aliphatic rings. The Morgan fingerprint density at radius 1 is 1.00 bits per heavy atom. The minimum atomic E-state index is -3.43. The Bertz CT molecular complexity index is 696. The third-order valence-corrected chi connectivity index (χ3v) is 7.80. The van der Waals surface area contributed by atoms with Gasteiger partial charge in [0.05, 0.1) is 10.1 Å². The molecule has 4 nitrogen and oxygen atoms in total. The molecular weight excluding hydrogens is 360 g/mol. The van der Waals surface area contributed by atoms with Crippen LogP contribution in [0.15, 0.2) is 29.2 Å². The maximum atomic E-state index is 13.0. The van der Waals surface area contributed by atoms with E-state index in [1.54, 1.807) is 19.1 Å². The van der Waals surface area contributed by atoms with Gasteiger partial charge in [0.15, 0.2) is 9.84 Å². The van der Waals surface area contributed by atoms with Gasteiger partial charge in [0.2, 0.25) is 0 Å². The van der Waals surface area contributed by atoms with Crippen LogP contribution in [-0.2, 0) is 19.4 Å². The first kappa shape index (κ1) is 21.9. The lowest BCUT2D eigenvalue weighted by Gasteiger charge is -2.22. The summed E-state index contributed by atoms with van der Waals surface area (Å²) in [7, 11) is -3.43. The zero-order chi connectivity index (χ0) is 19.7. The molecule has 1 aromatic rings. The lowest BCUT2D eigenvalue weighted by Crippen LogP contribution is -2.28.